The molecule has 3 N–H and O–H groups in total. The van der Waals surface area contributed by atoms with Crippen LogP contribution < -0.4 is 11.1 Å². The largest absolute Gasteiger partial charge is 0.416 e. The number of carbonyl (C=O) groups excluding carboxylic acids is 3. The Morgan fingerprint density at radius 2 is 1.67 bits per heavy atom. The first kappa shape index (κ1) is 22.1. The molecule has 2 heterocycles. The van der Waals surface area contributed by atoms with Crippen LogP contribution >= 0.6 is 0 Å². The first-order valence-corrected chi connectivity index (χ1v) is 9.95. The van der Waals surface area contributed by atoms with Gasteiger partial charge in [-0.25, -0.2) is 0 Å². The maximum atomic E-state index is 12.6. The summed E-state index contributed by atoms with van der Waals surface area (Å²) in [5, 5.41) is 2.46. The van der Waals surface area contributed by atoms with E-state index in [0.717, 1.165) is 56.5 Å². The second kappa shape index (κ2) is 9.03. The SMILES string of the molecule is NC(=O)C1CCCN1C1CCN(C(=O)CNC(=O)c2ccc(C(F)(F)F)cc2)CC1. The molecule has 3 amide bonds. The summed E-state index contributed by atoms with van der Waals surface area (Å²) in [5.41, 5.74) is 4.69. The Kier molecular flexibility index (Phi) is 6.64. The fourth-order valence-corrected chi connectivity index (χ4v) is 4.16. The lowest BCUT2D eigenvalue weighted by molar-refractivity contribution is -0.137. The number of hydrogen-bond donors (Lipinski definition) is 2. The van der Waals surface area contributed by atoms with E-state index in [-0.39, 0.29) is 36.0 Å². The number of nitrogens with one attached hydrogen (secondary N) is 1. The quantitative estimate of drug-likeness (QED) is 0.744. The van der Waals surface area contributed by atoms with E-state index in [0.29, 0.717) is 13.1 Å². The van der Waals surface area contributed by atoms with E-state index in [1.165, 1.54) is 0 Å². The van der Waals surface area contributed by atoms with Crippen molar-refractivity contribution >= 4 is 17.7 Å². The monoisotopic (exact) mass is 426 g/mol. The minimum Gasteiger partial charge on any atom is -0.368 e. The van der Waals surface area contributed by atoms with E-state index >= 15 is 0 Å². The standard InChI is InChI=1S/C20H25F3N4O3/c21-20(22,23)14-5-3-13(4-6-14)19(30)25-12-17(28)26-10-7-15(8-11-26)27-9-1-2-16(27)18(24)29/h3-6,15-16H,1-2,7-12H2,(H2,24,29)(H,25,30). The van der Waals surface area contributed by atoms with Crippen molar-refractivity contribution in [1.82, 2.24) is 15.1 Å². The van der Waals surface area contributed by atoms with Crippen LogP contribution in [0.3, 0.4) is 0 Å². The van der Waals surface area contributed by atoms with E-state index in [9.17, 15) is 27.6 Å². The number of nitrogens with zero attached hydrogens (tertiary/aromatic N) is 2. The van der Waals surface area contributed by atoms with Gasteiger partial charge in [0, 0.05) is 24.7 Å². The van der Waals surface area contributed by atoms with Gasteiger partial charge in [-0.3, -0.25) is 19.3 Å². The first-order valence-electron chi connectivity index (χ1n) is 9.95. The predicted octanol–water partition coefficient (Wildman–Crippen LogP) is 1.38. The topological polar surface area (TPSA) is 95.7 Å². The zero-order chi connectivity index (χ0) is 21.9. The molecule has 1 atom stereocenters. The Morgan fingerprint density at radius 1 is 1.03 bits per heavy atom. The number of nitrogens with two attached hydrogens (primary N) is 1. The van der Waals surface area contributed by atoms with Crippen LogP contribution in [0.4, 0.5) is 13.2 Å². The molecule has 30 heavy (non-hydrogen) atoms. The van der Waals surface area contributed by atoms with Crippen LogP contribution in [-0.2, 0) is 15.8 Å². The maximum absolute atomic E-state index is 12.6. The number of likely N-dealkylation sites (tertiary alicyclic amines) is 2. The van der Waals surface area contributed by atoms with Crippen LogP contribution in [0.1, 0.15) is 41.6 Å². The summed E-state index contributed by atoms with van der Waals surface area (Å²) in [6.07, 6.45) is -1.32. The number of rotatable bonds is 5. The molecule has 0 aliphatic carbocycles. The highest BCUT2D eigenvalue weighted by molar-refractivity contribution is 5.96. The summed E-state index contributed by atoms with van der Waals surface area (Å²) in [6, 6.07) is 3.80. The number of benzene rings is 1. The van der Waals surface area contributed by atoms with Crippen LogP contribution in [0.2, 0.25) is 0 Å². The Labute approximate surface area is 172 Å². The highest BCUT2D eigenvalue weighted by atomic mass is 19.4. The molecular formula is C20H25F3N4O3. The molecule has 0 saturated carbocycles. The van der Waals surface area contributed by atoms with Gasteiger partial charge >= 0.3 is 6.18 Å². The number of halogens is 3. The fourth-order valence-electron chi connectivity index (χ4n) is 4.16. The minimum absolute atomic E-state index is 0.0565. The van der Waals surface area contributed by atoms with Gasteiger partial charge in [0.15, 0.2) is 0 Å². The lowest BCUT2D eigenvalue weighted by Gasteiger charge is -2.38. The second-order valence-corrected chi connectivity index (χ2v) is 7.67. The molecular weight excluding hydrogens is 401 g/mol. The Bertz CT molecular complexity index is 789. The summed E-state index contributed by atoms with van der Waals surface area (Å²) in [5.74, 6) is -1.16. The zero-order valence-electron chi connectivity index (χ0n) is 16.5. The van der Waals surface area contributed by atoms with Gasteiger partial charge in [-0.2, -0.15) is 13.2 Å². The highest BCUT2D eigenvalue weighted by Crippen LogP contribution is 2.29. The number of carbonyl (C=O) groups is 3. The highest BCUT2D eigenvalue weighted by Gasteiger charge is 2.36. The van der Waals surface area contributed by atoms with Crippen LogP contribution in [0.25, 0.3) is 0 Å². The summed E-state index contributed by atoms with van der Waals surface area (Å²) in [7, 11) is 0. The number of piperidine rings is 1. The maximum Gasteiger partial charge on any atom is 0.416 e. The van der Waals surface area contributed by atoms with Crippen molar-refractivity contribution in [2.75, 3.05) is 26.2 Å². The molecule has 0 radical (unpaired) electrons. The summed E-state index contributed by atoms with van der Waals surface area (Å²) in [6.45, 7) is 1.64. The van der Waals surface area contributed by atoms with Crippen LogP contribution in [0, 0.1) is 0 Å². The predicted molar refractivity (Wildman–Crippen MR) is 102 cm³/mol. The second-order valence-electron chi connectivity index (χ2n) is 7.67. The molecule has 0 spiro atoms. The van der Waals surface area contributed by atoms with Crippen LogP contribution in [0.5, 0.6) is 0 Å². The molecule has 3 rings (SSSR count). The molecule has 0 bridgehead atoms. The van der Waals surface area contributed by atoms with E-state index in [4.69, 9.17) is 5.73 Å². The van der Waals surface area contributed by atoms with E-state index in [2.05, 4.69) is 10.2 Å². The van der Waals surface area contributed by atoms with E-state index < -0.39 is 17.6 Å². The lowest BCUT2D eigenvalue weighted by Crippen LogP contribution is -2.52. The van der Waals surface area contributed by atoms with Crippen LogP contribution in [-0.4, -0.2) is 65.8 Å². The summed E-state index contributed by atoms with van der Waals surface area (Å²) >= 11 is 0. The van der Waals surface area contributed by atoms with Gasteiger partial charge in [0.2, 0.25) is 11.8 Å². The van der Waals surface area contributed by atoms with Gasteiger partial charge < -0.3 is 16.0 Å². The molecule has 1 aromatic carbocycles. The minimum atomic E-state index is -4.47. The van der Waals surface area contributed by atoms with Gasteiger partial charge in [-0.15, -0.1) is 0 Å². The van der Waals surface area contributed by atoms with Crippen molar-refractivity contribution in [3.63, 3.8) is 0 Å². The normalized spacial score (nSPS) is 20.9. The Hall–Kier alpha value is -2.62. The van der Waals surface area contributed by atoms with Gasteiger partial charge in [-0.1, -0.05) is 0 Å². The molecule has 2 aliphatic heterocycles. The van der Waals surface area contributed by atoms with Crippen molar-refractivity contribution in [1.29, 1.82) is 0 Å². The molecule has 0 aromatic heterocycles. The molecule has 164 valence electrons. The number of amides is 3. The van der Waals surface area contributed by atoms with E-state index in [1.54, 1.807) is 4.90 Å². The molecule has 1 aromatic rings. The fraction of sp³-hybridized carbons (Fsp3) is 0.550. The van der Waals surface area contributed by atoms with Gasteiger partial charge in [0.1, 0.15) is 0 Å². The summed E-state index contributed by atoms with van der Waals surface area (Å²) in [4.78, 5) is 39.9. The molecule has 1 unspecified atom stereocenters. The smallest absolute Gasteiger partial charge is 0.368 e. The van der Waals surface area contributed by atoms with Crippen molar-refractivity contribution in [3.8, 4) is 0 Å². The molecule has 2 saturated heterocycles. The van der Waals surface area contributed by atoms with Crippen molar-refractivity contribution in [2.24, 2.45) is 5.73 Å². The van der Waals surface area contributed by atoms with Crippen LogP contribution in [0.15, 0.2) is 24.3 Å². The number of hydrogen-bond acceptors (Lipinski definition) is 4. The Balaban J connectivity index is 1.46. The van der Waals surface area contributed by atoms with Crippen molar-refractivity contribution in [3.05, 3.63) is 35.4 Å². The third-order valence-corrected chi connectivity index (χ3v) is 5.78. The average molecular weight is 426 g/mol. The zero-order valence-corrected chi connectivity index (χ0v) is 16.5. The number of alkyl halides is 3. The third kappa shape index (κ3) is 5.10. The Morgan fingerprint density at radius 3 is 2.23 bits per heavy atom. The molecule has 10 heteroatoms. The first-order chi connectivity index (χ1) is 14.2. The molecule has 7 nitrogen and oxygen atoms in total. The lowest BCUT2D eigenvalue weighted by atomic mass is 10.0. The van der Waals surface area contributed by atoms with Crippen molar-refractivity contribution < 1.29 is 27.6 Å². The molecule has 2 aliphatic rings. The molecule has 2 fully saturated rings. The average Bonchev–Trinajstić information content (AvgIpc) is 3.21. The van der Waals surface area contributed by atoms with Gasteiger partial charge in [-0.05, 0) is 56.5 Å². The van der Waals surface area contributed by atoms with Crippen molar-refractivity contribution in [2.45, 2.75) is 43.9 Å². The summed E-state index contributed by atoms with van der Waals surface area (Å²) < 4.78 is 37.8. The van der Waals surface area contributed by atoms with Gasteiger partial charge in [0.25, 0.3) is 5.91 Å². The third-order valence-electron chi connectivity index (χ3n) is 5.78. The van der Waals surface area contributed by atoms with Gasteiger partial charge in [0.05, 0.1) is 18.2 Å². The van der Waals surface area contributed by atoms with E-state index in [1.807, 2.05) is 0 Å². The number of primary amides is 1.